The molecule has 3 heterocycles. The minimum Gasteiger partial charge on any atom is -0.481 e. The molecular formula is C19H25N3O2. The van der Waals surface area contributed by atoms with E-state index in [1.807, 2.05) is 18.2 Å². The van der Waals surface area contributed by atoms with Crippen LogP contribution in [0, 0.1) is 0 Å². The fraction of sp³-hybridized carbons (Fsp3) is 0.526. The standard InChI is InChI=1S/C19H25N3O2/c1-23-19-15(9-14-5-2-3-7-18(14)21-19)10-20-11-17-12-22-8-4-6-16(22)13-24-17/h2-3,5,7,9,16-17,20H,4,6,8,10-13H2,1H3/t16-,17-/m1/s1. The molecule has 1 aromatic heterocycles. The third-order valence-electron chi connectivity index (χ3n) is 5.11. The zero-order chi connectivity index (χ0) is 16.4. The Morgan fingerprint density at radius 2 is 2.29 bits per heavy atom. The van der Waals surface area contributed by atoms with Crippen molar-refractivity contribution in [2.75, 3.05) is 33.4 Å². The van der Waals surface area contributed by atoms with Crippen LogP contribution in [-0.4, -0.2) is 55.4 Å². The minimum absolute atomic E-state index is 0.277. The van der Waals surface area contributed by atoms with Gasteiger partial charge >= 0.3 is 0 Å². The second kappa shape index (κ2) is 7.05. The highest BCUT2D eigenvalue weighted by Gasteiger charge is 2.31. The van der Waals surface area contributed by atoms with Crippen LogP contribution in [0.4, 0.5) is 0 Å². The molecule has 0 radical (unpaired) electrons. The average molecular weight is 327 g/mol. The summed E-state index contributed by atoms with van der Waals surface area (Å²) in [6, 6.07) is 11.0. The van der Waals surface area contributed by atoms with Crippen LogP contribution in [0.3, 0.4) is 0 Å². The van der Waals surface area contributed by atoms with E-state index in [9.17, 15) is 0 Å². The largest absolute Gasteiger partial charge is 0.481 e. The zero-order valence-corrected chi connectivity index (χ0v) is 14.2. The van der Waals surface area contributed by atoms with E-state index in [0.717, 1.165) is 42.7 Å². The van der Waals surface area contributed by atoms with Crippen LogP contribution in [0.1, 0.15) is 18.4 Å². The summed E-state index contributed by atoms with van der Waals surface area (Å²) in [5.74, 6) is 0.699. The average Bonchev–Trinajstić information content (AvgIpc) is 3.09. The van der Waals surface area contributed by atoms with Gasteiger partial charge in [0.05, 0.1) is 25.3 Å². The van der Waals surface area contributed by atoms with E-state index in [4.69, 9.17) is 9.47 Å². The van der Waals surface area contributed by atoms with Crippen LogP contribution in [-0.2, 0) is 11.3 Å². The summed E-state index contributed by atoms with van der Waals surface area (Å²) in [4.78, 5) is 7.18. The molecule has 5 heteroatoms. The van der Waals surface area contributed by atoms with E-state index in [1.54, 1.807) is 7.11 Å². The topological polar surface area (TPSA) is 46.6 Å². The van der Waals surface area contributed by atoms with E-state index in [0.29, 0.717) is 11.9 Å². The molecule has 0 saturated carbocycles. The molecular weight excluding hydrogens is 302 g/mol. The van der Waals surface area contributed by atoms with Crippen molar-refractivity contribution in [3.8, 4) is 5.88 Å². The molecule has 4 rings (SSSR count). The Morgan fingerprint density at radius 1 is 1.38 bits per heavy atom. The number of rotatable bonds is 5. The van der Waals surface area contributed by atoms with Gasteiger partial charge in [-0.05, 0) is 31.5 Å². The van der Waals surface area contributed by atoms with Gasteiger partial charge in [-0.3, -0.25) is 4.90 Å². The van der Waals surface area contributed by atoms with Gasteiger partial charge in [0.2, 0.25) is 5.88 Å². The van der Waals surface area contributed by atoms with Gasteiger partial charge in [0.1, 0.15) is 0 Å². The molecule has 24 heavy (non-hydrogen) atoms. The summed E-state index contributed by atoms with van der Waals surface area (Å²) in [6.45, 7) is 4.76. The van der Waals surface area contributed by atoms with Gasteiger partial charge in [-0.25, -0.2) is 4.98 Å². The highest BCUT2D eigenvalue weighted by molar-refractivity contribution is 5.80. The number of benzene rings is 1. The number of nitrogens with zero attached hydrogens (tertiary/aromatic N) is 2. The number of fused-ring (bicyclic) bond motifs is 2. The molecule has 2 aliphatic rings. The van der Waals surface area contributed by atoms with Crippen LogP contribution < -0.4 is 10.1 Å². The Bertz CT molecular complexity index is 706. The van der Waals surface area contributed by atoms with Gasteiger partial charge in [-0.15, -0.1) is 0 Å². The number of nitrogens with one attached hydrogen (secondary N) is 1. The van der Waals surface area contributed by atoms with Crippen LogP contribution in [0.5, 0.6) is 5.88 Å². The van der Waals surface area contributed by atoms with E-state index in [2.05, 4.69) is 27.3 Å². The first-order valence-electron chi connectivity index (χ1n) is 8.82. The molecule has 128 valence electrons. The molecule has 5 nitrogen and oxygen atoms in total. The molecule has 2 fully saturated rings. The molecule has 2 atom stereocenters. The number of aromatic nitrogens is 1. The maximum absolute atomic E-state index is 6.01. The Balaban J connectivity index is 1.38. The fourth-order valence-electron chi connectivity index (χ4n) is 3.82. The Labute approximate surface area is 143 Å². The lowest BCUT2D eigenvalue weighted by atomic mass is 10.1. The smallest absolute Gasteiger partial charge is 0.218 e. The van der Waals surface area contributed by atoms with Crippen molar-refractivity contribution in [1.29, 1.82) is 0 Å². The maximum Gasteiger partial charge on any atom is 0.218 e. The summed E-state index contributed by atoms with van der Waals surface area (Å²) in [5.41, 5.74) is 2.06. The first-order valence-corrected chi connectivity index (χ1v) is 8.82. The Hall–Kier alpha value is -1.69. The monoisotopic (exact) mass is 327 g/mol. The third-order valence-corrected chi connectivity index (χ3v) is 5.11. The quantitative estimate of drug-likeness (QED) is 0.912. The van der Waals surface area contributed by atoms with Crippen LogP contribution in [0.2, 0.25) is 0 Å². The third kappa shape index (κ3) is 3.24. The number of para-hydroxylation sites is 1. The van der Waals surface area contributed by atoms with Crippen molar-refractivity contribution in [3.05, 3.63) is 35.9 Å². The summed E-state index contributed by atoms with van der Waals surface area (Å²) in [5, 5.41) is 4.66. The molecule has 2 saturated heterocycles. The Kier molecular flexibility index (Phi) is 4.65. The number of ether oxygens (including phenoxy) is 2. The summed E-state index contributed by atoms with van der Waals surface area (Å²) < 4.78 is 11.5. The second-order valence-corrected chi connectivity index (χ2v) is 6.73. The summed E-state index contributed by atoms with van der Waals surface area (Å²) in [6.07, 6.45) is 2.88. The SMILES string of the molecule is COc1nc2ccccc2cc1CNC[C@@H]1CN2CCC[C@@H]2CO1. The lowest BCUT2D eigenvalue weighted by Crippen LogP contribution is -2.49. The van der Waals surface area contributed by atoms with Crippen molar-refractivity contribution in [3.63, 3.8) is 0 Å². The first kappa shape index (κ1) is 15.8. The first-order chi connectivity index (χ1) is 11.8. The predicted molar refractivity (Wildman–Crippen MR) is 94.3 cm³/mol. The van der Waals surface area contributed by atoms with Gasteiger partial charge in [0.15, 0.2) is 0 Å². The number of morpholine rings is 1. The minimum atomic E-state index is 0.277. The maximum atomic E-state index is 6.01. The van der Waals surface area contributed by atoms with Gasteiger partial charge in [0.25, 0.3) is 0 Å². The normalized spacial score (nSPS) is 24.2. The molecule has 0 spiro atoms. The van der Waals surface area contributed by atoms with Gasteiger partial charge in [-0.1, -0.05) is 18.2 Å². The van der Waals surface area contributed by atoms with Crippen molar-refractivity contribution in [1.82, 2.24) is 15.2 Å². The Morgan fingerprint density at radius 3 is 3.21 bits per heavy atom. The van der Waals surface area contributed by atoms with E-state index in [1.165, 1.54) is 19.4 Å². The lowest BCUT2D eigenvalue weighted by Gasteiger charge is -2.35. The van der Waals surface area contributed by atoms with Crippen LogP contribution >= 0.6 is 0 Å². The van der Waals surface area contributed by atoms with Gasteiger partial charge < -0.3 is 14.8 Å². The van der Waals surface area contributed by atoms with Crippen molar-refractivity contribution in [2.24, 2.45) is 0 Å². The highest BCUT2D eigenvalue weighted by Crippen LogP contribution is 2.23. The van der Waals surface area contributed by atoms with Gasteiger partial charge in [0, 0.05) is 36.6 Å². The number of methoxy groups -OCH3 is 1. The molecule has 0 aliphatic carbocycles. The highest BCUT2D eigenvalue weighted by atomic mass is 16.5. The van der Waals surface area contributed by atoms with Crippen molar-refractivity contribution in [2.45, 2.75) is 31.5 Å². The van der Waals surface area contributed by atoms with Gasteiger partial charge in [-0.2, -0.15) is 0 Å². The van der Waals surface area contributed by atoms with E-state index in [-0.39, 0.29) is 6.10 Å². The summed E-state index contributed by atoms with van der Waals surface area (Å²) >= 11 is 0. The molecule has 2 aromatic rings. The summed E-state index contributed by atoms with van der Waals surface area (Å²) in [7, 11) is 1.68. The molecule has 0 bridgehead atoms. The second-order valence-electron chi connectivity index (χ2n) is 6.73. The van der Waals surface area contributed by atoms with E-state index < -0.39 is 0 Å². The number of hydrogen-bond donors (Lipinski definition) is 1. The lowest BCUT2D eigenvalue weighted by molar-refractivity contribution is -0.0470. The van der Waals surface area contributed by atoms with E-state index >= 15 is 0 Å². The van der Waals surface area contributed by atoms with Crippen molar-refractivity contribution < 1.29 is 9.47 Å². The molecule has 0 unspecified atom stereocenters. The predicted octanol–water partition coefficient (Wildman–Crippen LogP) is 2.20. The molecule has 2 aliphatic heterocycles. The van der Waals surface area contributed by atoms with Crippen LogP contribution in [0.25, 0.3) is 10.9 Å². The molecule has 1 N–H and O–H groups in total. The fourth-order valence-corrected chi connectivity index (χ4v) is 3.82. The number of pyridine rings is 1. The van der Waals surface area contributed by atoms with Crippen molar-refractivity contribution >= 4 is 10.9 Å². The molecule has 1 aromatic carbocycles. The zero-order valence-electron chi connectivity index (χ0n) is 14.2. The van der Waals surface area contributed by atoms with Crippen LogP contribution in [0.15, 0.2) is 30.3 Å². The molecule has 0 amide bonds. The number of hydrogen-bond acceptors (Lipinski definition) is 5.